The normalized spacial score (nSPS) is 11.0. The number of alkyl halides is 3. The van der Waals surface area contributed by atoms with Crippen LogP contribution in [0.4, 0.5) is 17.6 Å². The van der Waals surface area contributed by atoms with Crippen LogP contribution in [-0.4, -0.2) is 4.98 Å². The molecule has 6 heteroatoms. The van der Waals surface area contributed by atoms with Crippen LogP contribution in [0.25, 0.3) is 0 Å². The molecule has 0 aromatic carbocycles. The summed E-state index contributed by atoms with van der Waals surface area (Å²) in [6.07, 6.45) is -3.77. The van der Waals surface area contributed by atoms with E-state index in [4.69, 9.17) is 5.26 Å². The molecule has 1 rings (SSSR count). The third-order valence-corrected chi connectivity index (χ3v) is 1.32. The third-order valence-electron chi connectivity index (χ3n) is 1.32. The zero-order valence-electron chi connectivity index (χ0n) is 6.06. The number of halogens is 4. The minimum Gasteiger partial charge on any atom is -0.261 e. The highest BCUT2D eigenvalue weighted by atomic mass is 19.4. The molecule has 0 spiro atoms. The largest absolute Gasteiger partial charge is 0.419 e. The van der Waals surface area contributed by atoms with Crippen molar-refractivity contribution in [3.05, 3.63) is 29.3 Å². The van der Waals surface area contributed by atoms with Crippen molar-refractivity contribution in [1.29, 1.82) is 5.26 Å². The maximum Gasteiger partial charge on any atom is 0.419 e. The second-order valence-corrected chi connectivity index (χ2v) is 2.15. The molecule has 0 N–H and O–H groups in total. The van der Waals surface area contributed by atoms with Gasteiger partial charge in [-0.25, -0.2) is 4.39 Å². The van der Waals surface area contributed by atoms with E-state index in [0.717, 1.165) is 6.07 Å². The number of nitrogens with zero attached hydrogens (tertiary/aromatic N) is 2. The minimum atomic E-state index is -4.75. The molecule has 1 aromatic rings. The van der Waals surface area contributed by atoms with E-state index in [-0.39, 0.29) is 0 Å². The lowest BCUT2D eigenvalue weighted by Crippen LogP contribution is -2.09. The molecule has 13 heavy (non-hydrogen) atoms. The molecule has 0 radical (unpaired) electrons. The average Bonchev–Trinajstić information content (AvgIpc) is 2.02. The van der Waals surface area contributed by atoms with E-state index in [1.165, 1.54) is 0 Å². The number of hydrogen-bond acceptors (Lipinski definition) is 2. The first-order chi connectivity index (χ1) is 5.96. The summed E-state index contributed by atoms with van der Waals surface area (Å²) in [4.78, 5) is 3.01. The Labute approximate surface area is 70.4 Å². The second-order valence-electron chi connectivity index (χ2n) is 2.15. The fourth-order valence-corrected chi connectivity index (χ4v) is 0.764. The van der Waals surface area contributed by atoms with Crippen molar-refractivity contribution in [3.8, 4) is 6.07 Å². The molecule has 0 atom stereocenters. The Morgan fingerprint density at radius 3 is 2.31 bits per heavy atom. The van der Waals surface area contributed by atoms with Gasteiger partial charge in [-0.15, -0.1) is 0 Å². The van der Waals surface area contributed by atoms with Gasteiger partial charge in [-0.3, -0.25) is 4.98 Å². The lowest BCUT2D eigenvalue weighted by Gasteiger charge is -2.07. The van der Waals surface area contributed by atoms with Crippen LogP contribution in [0.3, 0.4) is 0 Å². The lowest BCUT2D eigenvalue weighted by molar-refractivity contribution is -0.138. The van der Waals surface area contributed by atoms with Crippen LogP contribution < -0.4 is 0 Å². The molecule has 0 saturated heterocycles. The van der Waals surface area contributed by atoms with Gasteiger partial charge in [0.05, 0.1) is 11.8 Å². The number of hydrogen-bond donors (Lipinski definition) is 0. The topological polar surface area (TPSA) is 36.7 Å². The summed E-state index contributed by atoms with van der Waals surface area (Å²) < 4.78 is 48.8. The van der Waals surface area contributed by atoms with Crippen LogP contribution >= 0.6 is 0 Å². The summed E-state index contributed by atoms with van der Waals surface area (Å²) >= 11 is 0. The number of aromatic nitrogens is 1. The van der Waals surface area contributed by atoms with Crippen molar-refractivity contribution < 1.29 is 17.6 Å². The number of pyridine rings is 1. The van der Waals surface area contributed by atoms with Crippen molar-refractivity contribution in [1.82, 2.24) is 4.98 Å². The molecule has 0 saturated carbocycles. The van der Waals surface area contributed by atoms with E-state index >= 15 is 0 Å². The Kier molecular flexibility index (Phi) is 2.19. The second kappa shape index (κ2) is 3.01. The summed E-state index contributed by atoms with van der Waals surface area (Å²) in [5.74, 6) is -1.27. The molecule has 0 bridgehead atoms. The maximum atomic E-state index is 12.6. The highest BCUT2D eigenvalue weighted by Gasteiger charge is 2.35. The predicted octanol–water partition coefficient (Wildman–Crippen LogP) is 2.11. The first-order valence-electron chi connectivity index (χ1n) is 3.07. The van der Waals surface area contributed by atoms with Gasteiger partial charge in [0.2, 0.25) is 0 Å². The van der Waals surface area contributed by atoms with Gasteiger partial charge < -0.3 is 0 Å². The molecule has 68 valence electrons. The van der Waals surface area contributed by atoms with Gasteiger partial charge >= 0.3 is 6.18 Å². The third kappa shape index (κ3) is 1.75. The Balaban J connectivity index is 3.40. The lowest BCUT2D eigenvalue weighted by atomic mass is 10.1. The molecular formula is C7H2F4N2. The molecule has 0 unspecified atom stereocenters. The standard InChI is InChI=1S/C7H2F4N2/c8-6-3-13-2-5(4(6)1-12)7(9,10)11/h2-3H. The van der Waals surface area contributed by atoms with Crippen LogP contribution in [0, 0.1) is 17.1 Å². The van der Waals surface area contributed by atoms with E-state index in [2.05, 4.69) is 4.98 Å². The molecule has 1 aromatic heterocycles. The fraction of sp³-hybridized carbons (Fsp3) is 0.143. The maximum absolute atomic E-state index is 12.6. The molecule has 0 amide bonds. The highest BCUT2D eigenvalue weighted by Crippen LogP contribution is 2.31. The SMILES string of the molecule is N#Cc1c(F)cncc1C(F)(F)F. The highest BCUT2D eigenvalue weighted by molar-refractivity contribution is 5.38. The Hall–Kier alpha value is -1.64. The van der Waals surface area contributed by atoms with Crippen molar-refractivity contribution in [3.63, 3.8) is 0 Å². The van der Waals surface area contributed by atoms with E-state index < -0.39 is 23.1 Å². The molecule has 0 aliphatic carbocycles. The van der Waals surface area contributed by atoms with Crippen molar-refractivity contribution >= 4 is 0 Å². The van der Waals surface area contributed by atoms with Crippen molar-refractivity contribution in [2.45, 2.75) is 6.18 Å². The summed E-state index contributed by atoms with van der Waals surface area (Å²) in [5, 5.41) is 8.24. The van der Waals surface area contributed by atoms with Crippen LogP contribution in [0.5, 0.6) is 0 Å². The Bertz CT molecular complexity index is 364. The monoisotopic (exact) mass is 190 g/mol. The van der Waals surface area contributed by atoms with Gasteiger partial charge in [0.1, 0.15) is 11.6 Å². The molecular weight excluding hydrogens is 188 g/mol. The predicted molar refractivity (Wildman–Crippen MR) is 33.9 cm³/mol. The van der Waals surface area contributed by atoms with Crippen LogP contribution in [0.1, 0.15) is 11.1 Å². The average molecular weight is 190 g/mol. The van der Waals surface area contributed by atoms with E-state index in [9.17, 15) is 17.6 Å². The van der Waals surface area contributed by atoms with Crippen LogP contribution in [0.15, 0.2) is 12.4 Å². The Morgan fingerprint density at radius 2 is 1.92 bits per heavy atom. The van der Waals surface area contributed by atoms with Gasteiger partial charge in [0, 0.05) is 6.20 Å². The molecule has 0 aliphatic rings. The fourth-order valence-electron chi connectivity index (χ4n) is 0.764. The van der Waals surface area contributed by atoms with Gasteiger partial charge in [-0.1, -0.05) is 0 Å². The van der Waals surface area contributed by atoms with Gasteiger partial charge in [-0.05, 0) is 0 Å². The summed E-state index contributed by atoms with van der Waals surface area (Å²) in [7, 11) is 0. The summed E-state index contributed by atoms with van der Waals surface area (Å²) in [6.45, 7) is 0. The van der Waals surface area contributed by atoms with E-state index in [1.54, 1.807) is 0 Å². The zero-order valence-corrected chi connectivity index (χ0v) is 6.06. The van der Waals surface area contributed by atoms with E-state index in [0.29, 0.717) is 12.4 Å². The summed E-state index contributed by atoms with van der Waals surface area (Å²) in [5.41, 5.74) is -2.38. The Morgan fingerprint density at radius 1 is 1.31 bits per heavy atom. The van der Waals surface area contributed by atoms with Crippen molar-refractivity contribution in [2.75, 3.05) is 0 Å². The number of nitriles is 1. The molecule has 0 aliphatic heterocycles. The van der Waals surface area contributed by atoms with Crippen LogP contribution in [-0.2, 0) is 6.18 Å². The smallest absolute Gasteiger partial charge is 0.261 e. The minimum absolute atomic E-state index is 0.418. The molecule has 0 fully saturated rings. The molecule has 1 heterocycles. The van der Waals surface area contributed by atoms with Crippen LogP contribution in [0.2, 0.25) is 0 Å². The first-order valence-corrected chi connectivity index (χ1v) is 3.07. The van der Waals surface area contributed by atoms with Gasteiger partial charge in [-0.2, -0.15) is 18.4 Å². The molecule has 2 nitrogen and oxygen atoms in total. The van der Waals surface area contributed by atoms with Gasteiger partial charge in [0.25, 0.3) is 0 Å². The van der Waals surface area contributed by atoms with Crippen molar-refractivity contribution in [2.24, 2.45) is 0 Å². The zero-order chi connectivity index (χ0) is 10.1. The summed E-state index contributed by atoms with van der Waals surface area (Å²) in [6, 6.07) is 1.14. The van der Waals surface area contributed by atoms with Gasteiger partial charge in [0.15, 0.2) is 5.82 Å². The number of rotatable bonds is 0. The van der Waals surface area contributed by atoms with E-state index in [1.807, 2.05) is 0 Å². The first kappa shape index (κ1) is 9.45. The quantitative estimate of drug-likeness (QED) is 0.587.